The van der Waals surface area contributed by atoms with E-state index in [9.17, 15) is 4.79 Å². The van der Waals surface area contributed by atoms with Gasteiger partial charge in [-0.2, -0.15) is 0 Å². The molecule has 3 aliphatic rings. The predicted octanol–water partition coefficient (Wildman–Crippen LogP) is 2.89. The van der Waals surface area contributed by atoms with Gasteiger partial charge in [0, 0.05) is 65.0 Å². The van der Waals surface area contributed by atoms with Crippen LogP contribution in [0.2, 0.25) is 0 Å². The Morgan fingerprint density at radius 1 is 0.976 bits per heavy atom. The minimum Gasteiger partial charge on any atom is -0.370 e. The average Bonchev–Trinajstić information content (AvgIpc) is 3.65. The maximum Gasteiger partial charge on any atom is 0.263 e. The van der Waals surface area contributed by atoms with Crippen LogP contribution < -0.4 is 10.2 Å². The van der Waals surface area contributed by atoms with Crippen molar-refractivity contribution >= 4 is 68.5 Å². The Morgan fingerprint density at radius 2 is 1.69 bits per heavy atom. The Morgan fingerprint density at radius 3 is 2.31 bits per heavy atom. The summed E-state index contributed by atoms with van der Waals surface area (Å²) in [6.45, 7) is 5.45. The molecule has 42 heavy (non-hydrogen) atoms. The molecule has 1 amide bonds. The third-order valence-corrected chi connectivity index (χ3v) is 10.1. The van der Waals surface area contributed by atoms with Gasteiger partial charge in [-0.15, -0.1) is 11.3 Å². The van der Waals surface area contributed by atoms with E-state index in [1.165, 1.54) is 24.2 Å². The van der Waals surface area contributed by atoms with E-state index in [0.717, 1.165) is 91.3 Å². The summed E-state index contributed by atoms with van der Waals surface area (Å²) < 4.78 is 0.951. The first-order valence-corrected chi connectivity index (χ1v) is 15.8. The molecule has 13 heteroatoms. The molecular weight excluding hydrogens is 541 g/mol. The number of amides is 1. The van der Waals surface area contributed by atoms with Gasteiger partial charge >= 0.3 is 0 Å². The molecular formula is C29H37B3N8OS. The molecule has 2 aliphatic heterocycles. The van der Waals surface area contributed by atoms with Crippen LogP contribution in [0.3, 0.4) is 0 Å². The molecule has 3 aromatic heterocycles. The molecule has 1 saturated carbocycles. The van der Waals surface area contributed by atoms with Crippen molar-refractivity contribution in [2.45, 2.75) is 55.7 Å². The van der Waals surface area contributed by atoms with Crippen LogP contribution in [0.25, 0.3) is 10.2 Å². The number of aromatic nitrogens is 3. The van der Waals surface area contributed by atoms with Crippen molar-refractivity contribution in [3.63, 3.8) is 0 Å². The van der Waals surface area contributed by atoms with Crippen molar-refractivity contribution in [1.82, 2.24) is 29.7 Å². The molecule has 1 N–H and O–H groups in total. The zero-order chi connectivity index (χ0) is 29.4. The van der Waals surface area contributed by atoms with Crippen LogP contribution in [0.4, 0.5) is 17.5 Å². The number of piperazine rings is 1. The molecule has 0 aromatic carbocycles. The number of piperidine rings is 1. The summed E-state index contributed by atoms with van der Waals surface area (Å²) in [5, 5.41) is 2.05. The number of hydrogen-bond acceptors (Lipinski definition) is 9. The Balaban J connectivity index is 1.09. The highest BCUT2D eigenvalue weighted by atomic mass is 32.1. The molecule has 214 valence electrons. The normalized spacial score (nSPS) is 19.9. The fourth-order valence-corrected chi connectivity index (χ4v) is 7.87. The molecule has 1 aliphatic carbocycles. The van der Waals surface area contributed by atoms with Crippen molar-refractivity contribution < 1.29 is 4.79 Å². The smallest absolute Gasteiger partial charge is 0.263 e. The van der Waals surface area contributed by atoms with Gasteiger partial charge in [0.2, 0.25) is 5.95 Å². The number of carbonyl (C=O) groups excluding carboxylic acids is 1. The van der Waals surface area contributed by atoms with Crippen LogP contribution in [0.15, 0.2) is 24.5 Å². The fraction of sp³-hybridized carbons (Fsp3) is 0.586. The van der Waals surface area contributed by atoms with Crippen molar-refractivity contribution in [3.8, 4) is 0 Å². The van der Waals surface area contributed by atoms with E-state index in [0.29, 0.717) is 23.7 Å². The number of hydrogen-bond donors (Lipinski definition) is 1. The van der Waals surface area contributed by atoms with Gasteiger partial charge < -0.3 is 20.0 Å². The largest absolute Gasteiger partial charge is 0.370 e. The highest BCUT2D eigenvalue weighted by Crippen LogP contribution is 2.43. The molecule has 0 unspecified atom stereocenters. The lowest BCUT2D eigenvalue weighted by Gasteiger charge is -2.47. The summed E-state index contributed by atoms with van der Waals surface area (Å²) in [7, 11) is 21.2. The molecule has 0 spiro atoms. The Bertz CT molecular complexity index is 1390. The number of thiophene rings is 1. The van der Waals surface area contributed by atoms with Crippen LogP contribution in [0.5, 0.6) is 0 Å². The van der Waals surface area contributed by atoms with Crippen molar-refractivity contribution in [2.24, 2.45) is 0 Å². The van der Waals surface area contributed by atoms with Gasteiger partial charge in [-0.1, -0.05) is 18.1 Å². The van der Waals surface area contributed by atoms with Crippen LogP contribution in [0, 0.1) is 0 Å². The SMILES string of the molecule is [B]C([B])([B])N1CCN(C2CCN(c3ccc(Nc4ncc5sc(C(=O)N(C)C)c(C6CCCC6)c5n4)nc3)CC2)CC1. The standard InChI is InChI=1S/C29H37B3N8OS/c1-37(2)27(41)26-24(19-5-3-4-6-19)25-22(42-26)18-34-28(36-25)35-23-8-7-21(17-33-23)38-11-9-20(10-12-38)39-13-15-40(16-14-39)29(30,31)32/h7-8,17-20H,3-6,9-16H2,1-2H3,(H,33,34,35,36). The number of carbonyl (C=O) groups is 1. The lowest BCUT2D eigenvalue weighted by atomic mass is 9.48. The number of fused-ring (bicyclic) bond motifs is 1. The molecule has 6 radical (unpaired) electrons. The summed E-state index contributed by atoms with van der Waals surface area (Å²) in [4.78, 5) is 36.5. The van der Waals surface area contributed by atoms with Gasteiger partial charge in [0.1, 0.15) is 5.82 Å². The number of anilines is 3. The van der Waals surface area contributed by atoms with Gasteiger partial charge in [-0.3, -0.25) is 9.69 Å². The monoisotopic (exact) mass is 578 g/mol. The van der Waals surface area contributed by atoms with E-state index >= 15 is 0 Å². The molecule has 3 fully saturated rings. The van der Waals surface area contributed by atoms with E-state index in [1.807, 2.05) is 23.4 Å². The first kappa shape index (κ1) is 29.4. The van der Waals surface area contributed by atoms with E-state index < -0.39 is 5.24 Å². The van der Waals surface area contributed by atoms with Crippen molar-refractivity contribution in [2.75, 3.05) is 63.6 Å². The van der Waals surface area contributed by atoms with Crippen molar-refractivity contribution in [1.29, 1.82) is 0 Å². The molecule has 5 heterocycles. The van der Waals surface area contributed by atoms with Crippen LogP contribution >= 0.6 is 11.3 Å². The van der Waals surface area contributed by atoms with E-state index in [2.05, 4.69) is 31.2 Å². The summed E-state index contributed by atoms with van der Waals surface area (Å²) in [5.41, 5.74) is 3.10. The first-order chi connectivity index (χ1) is 20.2. The third kappa shape index (κ3) is 6.19. The first-order valence-electron chi connectivity index (χ1n) is 15.0. The maximum atomic E-state index is 13.0. The number of nitrogens with zero attached hydrogens (tertiary/aromatic N) is 7. The van der Waals surface area contributed by atoms with Gasteiger partial charge in [-0.25, -0.2) is 15.0 Å². The van der Waals surface area contributed by atoms with Crippen LogP contribution in [-0.2, 0) is 0 Å². The maximum absolute atomic E-state index is 13.0. The Hall–Kier alpha value is -2.63. The fourth-order valence-electron chi connectivity index (χ4n) is 6.65. The highest BCUT2D eigenvalue weighted by molar-refractivity contribution is 7.21. The van der Waals surface area contributed by atoms with Crippen LogP contribution in [0.1, 0.15) is 59.7 Å². The number of rotatable bonds is 7. The van der Waals surface area contributed by atoms with E-state index in [4.69, 9.17) is 28.5 Å². The summed E-state index contributed by atoms with van der Waals surface area (Å²) >= 11 is 1.50. The molecule has 0 bridgehead atoms. The van der Waals surface area contributed by atoms with E-state index in [1.54, 1.807) is 19.0 Å². The number of pyridine rings is 1. The molecule has 2 saturated heterocycles. The summed E-state index contributed by atoms with van der Waals surface area (Å²) in [6.07, 6.45) is 10.5. The third-order valence-electron chi connectivity index (χ3n) is 9.03. The quantitative estimate of drug-likeness (QED) is 0.430. The molecule has 6 rings (SSSR count). The van der Waals surface area contributed by atoms with E-state index in [-0.39, 0.29) is 5.91 Å². The lowest BCUT2D eigenvalue weighted by Crippen LogP contribution is -2.60. The predicted molar refractivity (Wildman–Crippen MR) is 173 cm³/mol. The highest BCUT2D eigenvalue weighted by Gasteiger charge is 2.31. The summed E-state index contributed by atoms with van der Waals surface area (Å²) in [5.74, 6) is 1.61. The topological polar surface area (TPSA) is 80.7 Å². The summed E-state index contributed by atoms with van der Waals surface area (Å²) in [6, 6.07) is 4.66. The van der Waals surface area contributed by atoms with Gasteiger partial charge in [0.15, 0.2) is 0 Å². The zero-order valence-electron chi connectivity index (χ0n) is 24.6. The molecule has 0 atom stereocenters. The second-order valence-electron chi connectivity index (χ2n) is 12.1. The zero-order valence-corrected chi connectivity index (χ0v) is 25.4. The second kappa shape index (κ2) is 12.2. The van der Waals surface area contributed by atoms with Gasteiger partial charge in [0.05, 0.1) is 56.7 Å². The Labute approximate surface area is 256 Å². The van der Waals surface area contributed by atoms with Gasteiger partial charge in [-0.05, 0) is 43.7 Å². The second-order valence-corrected chi connectivity index (χ2v) is 13.1. The molecule has 3 aromatic rings. The van der Waals surface area contributed by atoms with Gasteiger partial charge in [0.25, 0.3) is 5.91 Å². The number of nitrogens with one attached hydrogen (secondary N) is 1. The van der Waals surface area contributed by atoms with Crippen LogP contribution in [-0.4, -0.2) is 124 Å². The Kier molecular flexibility index (Phi) is 8.53. The minimum atomic E-state index is -1.24. The minimum absolute atomic E-state index is 0.0408. The van der Waals surface area contributed by atoms with Crippen molar-refractivity contribution in [3.05, 3.63) is 35.0 Å². The lowest BCUT2D eigenvalue weighted by molar-refractivity contribution is 0.0830. The average molecular weight is 578 g/mol. The molecule has 9 nitrogen and oxygen atoms in total.